The molecule has 1 N–H and O–H groups in total. The maximum atomic E-state index is 11.8. The first-order chi connectivity index (χ1) is 8.99. The van der Waals surface area contributed by atoms with Gasteiger partial charge in [0.05, 0.1) is 0 Å². The molecule has 0 amide bonds. The first kappa shape index (κ1) is 13.8. The topological polar surface area (TPSA) is 74.7 Å². The largest absolute Gasteiger partial charge is 0.480 e. The summed E-state index contributed by atoms with van der Waals surface area (Å²) in [4.78, 5) is 10.5. The summed E-state index contributed by atoms with van der Waals surface area (Å²) < 4.78 is 24.7. The Kier molecular flexibility index (Phi) is 4.01. The Balaban J connectivity index is 2.10. The van der Waals surface area contributed by atoms with Crippen LogP contribution in [0.25, 0.3) is 5.57 Å². The maximum absolute atomic E-state index is 11.8. The normalized spacial score (nSPS) is 16.9. The molecule has 0 bridgehead atoms. The summed E-state index contributed by atoms with van der Waals surface area (Å²) in [6, 6.07) is 9.75. The molecule has 2 rings (SSSR count). The van der Waals surface area contributed by atoms with Crippen LogP contribution in [0.2, 0.25) is 0 Å². The molecule has 1 aliphatic rings. The zero-order chi connectivity index (χ0) is 13.9. The fourth-order valence-electron chi connectivity index (χ4n) is 2.06. The lowest BCUT2D eigenvalue weighted by Crippen LogP contribution is -2.38. The van der Waals surface area contributed by atoms with E-state index >= 15 is 0 Å². The molecule has 0 spiro atoms. The summed E-state index contributed by atoms with van der Waals surface area (Å²) in [6.07, 6.45) is 2.45. The van der Waals surface area contributed by atoms with E-state index in [1.54, 1.807) is 0 Å². The van der Waals surface area contributed by atoms with Crippen molar-refractivity contribution in [3.8, 4) is 0 Å². The molecule has 0 unspecified atom stereocenters. The van der Waals surface area contributed by atoms with Gasteiger partial charge in [-0.25, -0.2) is 8.42 Å². The molecule has 0 saturated carbocycles. The van der Waals surface area contributed by atoms with Crippen LogP contribution in [0.3, 0.4) is 0 Å². The Morgan fingerprint density at radius 2 is 1.95 bits per heavy atom. The van der Waals surface area contributed by atoms with E-state index in [2.05, 4.69) is 0 Å². The molecule has 0 radical (unpaired) electrons. The Morgan fingerprint density at radius 1 is 1.26 bits per heavy atom. The molecule has 0 saturated heterocycles. The zero-order valence-corrected chi connectivity index (χ0v) is 11.1. The van der Waals surface area contributed by atoms with E-state index < -0.39 is 21.7 Å². The number of hydrogen-bond acceptors (Lipinski definition) is 3. The molecule has 0 fully saturated rings. The van der Waals surface area contributed by atoms with E-state index in [0.717, 1.165) is 11.1 Å². The number of benzene rings is 1. The number of sulfonamides is 1. The third kappa shape index (κ3) is 3.42. The van der Waals surface area contributed by atoms with Crippen LogP contribution in [0.4, 0.5) is 0 Å². The molecule has 0 atom stereocenters. The first-order valence-electron chi connectivity index (χ1n) is 5.93. The van der Waals surface area contributed by atoms with Gasteiger partial charge in [0.2, 0.25) is 10.0 Å². The van der Waals surface area contributed by atoms with Gasteiger partial charge in [0.15, 0.2) is 5.75 Å². The minimum absolute atomic E-state index is 0.236. The van der Waals surface area contributed by atoms with E-state index in [-0.39, 0.29) is 6.54 Å². The minimum atomic E-state index is -3.70. The average molecular weight is 281 g/mol. The van der Waals surface area contributed by atoms with E-state index in [1.807, 2.05) is 36.4 Å². The maximum Gasteiger partial charge on any atom is 0.320 e. The number of carbonyl (C=O) groups is 1. The molecular weight excluding hydrogens is 266 g/mol. The SMILES string of the molecule is O=C(O)CS(=O)(=O)N1CC=C(c2ccccc2)CC1. The van der Waals surface area contributed by atoms with Crippen LogP contribution in [0.5, 0.6) is 0 Å². The quantitative estimate of drug-likeness (QED) is 0.899. The number of aliphatic carboxylic acids is 1. The number of rotatable bonds is 4. The van der Waals surface area contributed by atoms with Crippen LogP contribution >= 0.6 is 0 Å². The van der Waals surface area contributed by atoms with Crippen molar-refractivity contribution in [2.24, 2.45) is 0 Å². The van der Waals surface area contributed by atoms with Crippen LogP contribution in [-0.2, 0) is 14.8 Å². The minimum Gasteiger partial charge on any atom is -0.480 e. The monoisotopic (exact) mass is 281 g/mol. The summed E-state index contributed by atoms with van der Waals surface area (Å²) >= 11 is 0. The summed E-state index contributed by atoms with van der Waals surface area (Å²) in [7, 11) is -3.70. The highest BCUT2D eigenvalue weighted by atomic mass is 32.2. The smallest absolute Gasteiger partial charge is 0.320 e. The van der Waals surface area contributed by atoms with Crippen LogP contribution in [-0.4, -0.2) is 42.6 Å². The molecule has 6 heteroatoms. The van der Waals surface area contributed by atoms with Crippen molar-refractivity contribution in [2.75, 3.05) is 18.8 Å². The number of carboxylic acids is 1. The molecule has 1 heterocycles. The fraction of sp³-hybridized carbons (Fsp3) is 0.308. The summed E-state index contributed by atoms with van der Waals surface area (Å²) in [5, 5.41) is 8.59. The zero-order valence-electron chi connectivity index (χ0n) is 10.3. The second kappa shape index (κ2) is 5.54. The average Bonchev–Trinajstić information content (AvgIpc) is 2.38. The van der Waals surface area contributed by atoms with Crippen LogP contribution < -0.4 is 0 Å². The van der Waals surface area contributed by atoms with Crippen LogP contribution in [0.15, 0.2) is 36.4 Å². The molecule has 19 heavy (non-hydrogen) atoms. The van der Waals surface area contributed by atoms with Gasteiger partial charge in [-0.15, -0.1) is 0 Å². The lowest BCUT2D eigenvalue weighted by atomic mass is 10.0. The lowest BCUT2D eigenvalue weighted by molar-refractivity contribution is -0.134. The molecule has 5 nitrogen and oxygen atoms in total. The van der Waals surface area contributed by atoms with Gasteiger partial charge in [0.1, 0.15) is 0 Å². The van der Waals surface area contributed by atoms with Crippen molar-refractivity contribution < 1.29 is 18.3 Å². The van der Waals surface area contributed by atoms with Crippen molar-refractivity contribution in [3.05, 3.63) is 42.0 Å². The van der Waals surface area contributed by atoms with Crippen molar-refractivity contribution >= 4 is 21.6 Å². The Morgan fingerprint density at radius 3 is 2.47 bits per heavy atom. The standard InChI is InChI=1S/C13H15NO4S/c15-13(16)10-19(17,18)14-8-6-12(7-9-14)11-4-2-1-3-5-11/h1-6H,7-10H2,(H,15,16). The van der Waals surface area contributed by atoms with Crippen LogP contribution in [0.1, 0.15) is 12.0 Å². The lowest BCUT2D eigenvalue weighted by Gasteiger charge is -2.25. The van der Waals surface area contributed by atoms with Gasteiger partial charge in [-0.3, -0.25) is 4.79 Å². The highest BCUT2D eigenvalue weighted by Crippen LogP contribution is 2.23. The molecule has 102 valence electrons. The molecule has 1 aromatic rings. The predicted molar refractivity (Wildman–Crippen MR) is 72.0 cm³/mol. The molecular formula is C13H15NO4S. The number of nitrogens with zero attached hydrogens (tertiary/aromatic N) is 1. The molecule has 0 aromatic heterocycles. The third-order valence-corrected chi connectivity index (χ3v) is 4.75. The molecule has 0 aliphatic carbocycles. The van der Waals surface area contributed by atoms with Gasteiger partial charge in [-0.1, -0.05) is 36.4 Å². The fourth-order valence-corrected chi connectivity index (χ4v) is 3.23. The predicted octanol–water partition coefficient (Wildman–Crippen LogP) is 1.19. The van der Waals surface area contributed by atoms with Gasteiger partial charge in [0, 0.05) is 13.1 Å². The summed E-state index contributed by atoms with van der Waals surface area (Å²) in [5.74, 6) is -2.17. The van der Waals surface area contributed by atoms with Gasteiger partial charge in [-0.2, -0.15) is 4.31 Å². The van der Waals surface area contributed by atoms with Gasteiger partial charge >= 0.3 is 5.97 Å². The Bertz CT molecular complexity index is 592. The second-order valence-electron chi connectivity index (χ2n) is 4.35. The number of hydrogen-bond donors (Lipinski definition) is 1. The molecule has 1 aliphatic heterocycles. The van der Waals surface area contributed by atoms with Gasteiger partial charge in [0.25, 0.3) is 0 Å². The van der Waals surface area contributed by atoms with Crippen molar-refractivity contribution in [2.45, 2.75) is 6.42 Å². The van der Waals surface area contributed by atoms with Crippen molar-refractivity contribution in [1.29, 1.82) is 0 Å². The van der Waals surface area contributed by atoms with Crippen molar-refractivity contribution in [1.82, 2.24) is 4.31 Å². The van der Waals surface area contributed by atoms with Gasteiger partial charge < -0.3 is 5.11 Å². The Hall–Kier alpha value is -1.66. The van der Waals surface area contributed by atoms with E-state index in [1.165, 1.54) is 4.31 Å². The highest BCUT2D eigenvalue weighted by Gasteiger charge is 2.26. The highest BCUT2D eigenvalue weighted by molar-refractivity contribution is 7.89. The van der Waals surface area contributed by atoms with Crippen molar-refractivity contribution in [3.63, 3.8) is 0 Å². The van der Waals surface area contributed by atoms with Crippen LogP contribution in [0, 0.1) is 0 Å². The van der Waals surface area contributed by atoms with E-state index in [0.29, 0.717) is 13.0 Å². The summed E-state index contributed by atoms with van der Waals surface area (Å²) in [6.45, 7) is 0.566. The van der Waals surface area contributed by atoms with E-state index in [9.17, 15) is 13.2 Å². The second-order valence-corrected chi connectivity index (χ2v) is 6.32. The first-order valence-corrected chi connectivity index (χ1v) is 7.54. The van der Waals surface area contributed by atoms with E-state index in [4.69, 9.17) is 5.11 Å². The third-order valence-electron chi connectivity index (χ3n) is 3.02. The molecule has 1 aromatic carbocycles. The van der Waals surface area contributed by atoms with Gasteiger partial charge in [-0.05, 0) is 17.6 Å². The summed E-state index contributed by atoms with van der Waals surface area (Å²) in [5.41, 5.74) is 2.18. The number of carboxylic acid groups (broad SMARTS) is 1. The Labute approximate surface area is 112 Å².